The normalized spacial score (nSPS) is 25.1. The van der Waals surface area contributed by atoms with Crippen molar-refractivity contribution in [1.29, 1.82) is 0 Å². The Bertz CT molecular complexity index is 1420. The van der Waals surface area contributed by atoms with E-state index in [4.69, 9.17) is 4.74 Å². The van der Waals surface area contributed by atoms with Gasteiger partial charge in [-0.25, -0.2) is 4.98 Å². The van der Waals surface area contributed by atoms with Gasteiger partial charge in [0.25, 0.3) is 0 Å². The summed E-state index contributed by atoms with van der Waals surface area (Å²) >= 11 is 0. The Morgan fingerprint density at radius 3 is 2.73 bits per heavy atom. The number of piperidine rings is 1. The summed E-state index contributed by atoms with van der Waals surface area (Å²) in [6, 6.07) is 14.8. The molecule has 3 aromatic rings. The molecule has 3 fully saturated rings. The second-order valence-corrected chi connectivity index (χ2v) is 12.9. The first-order chi connectivity index (χ1) is 19.5. The Morgan fingerprint density at radius 1 is 1.07 bits per heavy atom. The zero-order chi connectivity index (χ0) is 27.3. The third kappa shape index (κ3) is 4.70. The molecule has 1 aliphatic carbocycles. The molecule has 2 N–H and O–H groups in total. The second-order valence-electron chi connectivity index (χ2n) is 12.9. The molecule has 40 heavy (non-hydrogen) atoms. The lowest BCUT2D eigenvalue weighted by Crippen LogP contribution is -2.54. The minimum absolute atomic E-state index is 0.128. The van der Waals surface area contributed by atoms with Crippen LogP contribution < -0.4 is 10.1 Å². The van der Waals surface area contributed by atoms with E-state index in [0.717, 1.165) is 41.7 Å². The van der Waals surface area contributed by atoms with E-state index in [1.54, 1.807) is 17.3 Å². The Balaban J connectivity index is 0.975. The number of dihydropyridines is 1. The van der Waals surface area contributed by atoms with Crippen LogP contribution in [0.3, 0.4) is 0 Å². The van der Waals surface area contributed by atoms with E-state index < -0.39 is 0 Å². The van der Waals surface area contributed by atoms with Crippen molar-refractivity contribution in [1.82, 2.24) is 25.1 Å². The molecule has 3 aliphatic heterocycles. The second kappa shape index (κ2) is 10.3. The number of hydrogen-bond donors (Lipinski definition) is 2. The average molecular weight is 538 g/mol. The number of fused-ring (bicyclic) bond motifs is 1. The van der Waals surface area contributed by atoms with Crippen LogP contribution in [0.2, 0.25) is 0 Å². The maximum absolute atomic E-state index is 6.33. The maximum Gasteiger partial charge on any atom is 0.146 e. The predicted molar refractivity (Wildman–Crippen MR) is 161 cm³/mol. The summed E-state index contributed by atoms with van der Waals surface area (Å²) in [5.41, 5.74) is 5.79. The topological polar surface area (TPSA) is 56.4 Å². The molecule has 1 saturated carbocycles. The number of hydrogen-bond acceptors (Lipinski definition) is 5. The van der Waals surface area contributed by atoms with Gasteiger partial charge in [-0.1, -0.05) is 38.1 Å². The third-order valence-corrected chi connectivity index (χ3v) is 10.1. The Labute approximate surface area is 238 Å². The molecular weight excluding hydrogens is 494 g/mol. The molecule has 1 spiro atoms. The highest BCUT2D eigenvalue weighted by Crippen LogP contribution is 2.54. The molecule has 0 amide bonds. The van der Waals surface area contributed by atoms with Gasteiger partial charge >= 0.3 is 0 Å². The number of nitrogens with zero attached hydrogens (tertiary/aromatic N) is 3. The summed E-state index contributed by atoms with van der Waals surface area (Å²) in [5.74, 6) is 2.31. The zero-order valence-electron chi connectivity index (χ0n) is 24.2. The first-order valence-corrected chi connectivity index (χ1v) is 15.4. The Morgan fingerprint density at radius 2 is 1.90 bits per heavy atom. The minimum Gasteiger partial charge on any atom is -0.458 e. The van der Waals surface area contributed by atoms with E-state index in [1.807, 2.05) is 12.3 Å². The van der Waals surface area contributed by atoms with Crippen molar-refractivity contribution in [3.8, 4) is 5.75 Å². The molecule has 7 rings (SSSR count). The molecule has 2 aromatic heterocycles. The molecule has 2 saturated heterocycles. The molecular formula is C34H43N5O. The highest BCUT2D eigenvalue weighted by atomic mass is 16.5. The number of aromatic amines is 1. The number of likely N-dealkylation sites (tertiary alicyclic amines) is 2. The first kappa shape index (κ1) is 25.7. The number of ether oxygens (including phenoxy) is 1. The summed E-state index contributed by atoms with van der Waals surface area (Å²) in [6.07, 6.45) is 16.1. The van der Waals surface area contributed by atoms with Crippen LogP contribution in [0, 0.1) is 5.41 Å². The fourth-order valence-electron chi connectivity index (χ4n) is 7.74. The number of benzene rings is 1. The molecule has 1 aromatic carbocycles. The van der Waals surface area contributed by atoms with E-state index >= 15 is 0 Å². The zero-order valence-corrected chi connectivity index (χ0v) is 24.2. The third-order valence-electron chi connectivity index (χ3n) is 10.1. The van der Waals surface area contributed by atoms with Gasteiger partial charge in [-0.2, -0.15) is 0 Å². The van der Waals surface area contributed by atoms with Crippen molar-refractivity contribution >= 4 is 11.0 Å². The van der Waals surface area contributed by atoms with Gasteiger partial charge in [0, 0.05) is 49.0 Å². The van der Waals surface area contributed by atoms with Crippen molar-refractivity contribution < 1.29 is 4.74 Å². The van der Waals surface area contributed by atoms with Crippen molar-refractivity contribution in [2.45, 2.75) is 83.3 Å². The lowest BCUT2D eigenvalue weighted by atomic mass is 9.59. The van der Waals surface area contributed by atoms with Crippen molar-refractivity contribution in [3.05, 3.63) is 83.7 Å². The maximum atomic E-state index is 6.33. The van der Waals surface area contributed by atoms with Crippen LogP contribution in [0.5, 0.6) is 5.75 Å². The molecule has 6 nitrogen and oxygen atoms in total. The predicted octanol–water partition coefficient (Wildman–Crippen LogP) is 6.86. The standard InChI is InChI=1S/C34H43N5O/c1-23(2)29-7-4-5-8-30(29)31-9-6-14-39(31)27-19-34(20-27)11-15-38(16-12-34)26-18-32(24(3)36-21-26)40-28-17-25-10-13-35-33(25)37-22-28/h4-5,7-8,10,13,17-18,21-24,27,31,36H,6,9,11-12,14-16,19-20H2,1-3H3,(H,35,37). The summed E-state index contributed by atoms with van der Waals surface area (Å²) in [4.78, 5) is 13.1. The molecule has 0 bridgehead atoms. The summed E-state index contributed by atoms with van der Waals surface area (Å²) in [6.45, 7) is 10.3. The van der Waals surface area contributed by atoms with E-state index in [-0.39, 0.29) is 6.04 Å². The van der Waals surface area contributed by atoms with Crippen molar-refractivity contribution in [3.63, 3.8) is 0 Å². The van der Waals surface area contributed by atoms with Gasteiger partial charge < -0.3 is 19.9 Å². The van der Waals surface area contributed by atoms with Gasteiger partial charge in [-0.15, -0.1) is 0 Å². The van der Waals surface area contributed by atoms with Gasteiger partial charge in [0.1, 0.15) is 17.2 Å². The van der Waals surface area contributed by atoms with Gasteiger partial charge in [0.2, 0.25) is 0 Å². The first-order valence-electron chi connectivity index (χ1n) is 15.4. The Kier molecular flexibility index (Phi) is 6.62. The number of rotatable bonds is 6. The number of aromatic nitrogens is 2. The van der Waals surface area contributed by atoms with E-state index in [0.29, 0.717) is 17.4 Å². The fraction of sp³-hybridized carbons (Fsp3) is 0.500. The highest BCUT2D eigenvalue weighted by Gasteiger charge is 2.50. The van der Waals surface area contributed by atoms with Crippen molar-refractivity contribution in [2.75, 3.05) is 19.6 Å². The van der Waals surface area contributed by atoms with Crippen LogP contribution in [0.25, 0.3) is 11.0 Å². The van der Waals surface area contributed by atoms with E-state index in [1.165, 1.54) is 50.8 Å². The van der Waals surface area contributed by atoms with Gasteiger partial charge in [0.15, 0.2) is 0 Å². The van der Waals surface area contributed by atoms with Gasteiger partial charge in [0.05, 0.1) is 17.9 Å². The van der Waals surface area contributed by atoms with E-state index in [2.05, 4.69) is 88.5 Å². The Hall–Kier alpha value is -3.25. The molecule has 4 aliphatic rings. The van der Waals surface area contributed by atoms with Crippen LogP contribution in [-0.4, -0.2) is 51.5 Å². The summed E-state index contributed by atoms with van der Waals surface area (Å²) in [7, 11) is 0. The molecule has 0 radical (unpaired) electrons. The van der Waals surface area contributed by atoms with E-state index in [9.17, 15) is 0 Å². The van der Waals surface area contributed by atoms with Crippen LogP contribution in [-0.2, 0) is 0 Å². The van der Waals surface area contributed by atoms with Gasteiger partial charge in [-0.05, 0) is 86.6 Å². The molecule has 2 unspecified atom stereocenters. The average Bonchev–Trinajstić information content (AvgIpc) is 3.62. The summed E-state index contributed by atoms with van der Waals surface area (Å²) < 4.78 is 6.33. The SMILES string of the molecule is CC1NC=C(N2CCC3(CC2)CC(N2CCCC2c2ccccc2C(C)C)C3)C=C1Oc1cnc2[nH]ccc2c1. The molecule has 210 valence electrons. The lowest BCUT2D eigenvalue weighted by Gasteiger charge is -2.56. The highest BCUT2D eigenvalue weighted by molar-refractivity contribution is 5.76. The largest absolute Gasteiger partial charge is 0.458 e. The fourth-order valence-corrected chi connectivity index (χ4v) is 7.74. The van der Waals surface area contributed by atoms with Crippen LogP contribution >= 0.6 is 0 Å². The molecule has 2 atom stereocenters. The number of allylic oxidation sites excluding steroid dienone is 1. The molecule has 5 heterocycles. The van der Waals surface area contributed by atoms with Crippen LogP contribution in [0.15, 0.2) is 72.5 Å². The number of H-pyrrole nitrogens is 1. The quantitative estimate of drug-likeness (QED) is 0.360. The minimum atomic E-state index is 0.128. The van der Waals surface area contributed by atoms with Gasteiger partial charge in [-0.3, -0.25) is 4.90 Å². The van der Waals surface area contributed by atoms with Crippen LogP contribution in [0.1, 0.15) is 82.4 Å². The smallest absolute Gasteiger partial charge is 0.146 e. The molecule has 6 heteroatoms. The number of nitrogens with one attached hydrogen (secondary N) is 2. The lowest BCUT2D eigenvalue weighted by molar-refractivity contribution is -0.0422. The van der Waals surface area contributed by atoms with Crippen LogP contribution in [0.4, 0.5) is 0 Å². The number of pyridine rings is 1. The summed E-state index contributed by atoms with van der Waals surface area (Å²) in [5, 5.41) is 4.59. The monoisotopic (exact) mass is 537 g/mol. The van der Waals surface area contributed by atoms with Crippen molar-refractivity contribution in [2.24, 2.45) is 5.41 Å².